The van der Waals surface area contributed by atoms with Crippen molar-refractivity contribution in [3.63, 3.8) is 0 Å². The molecule has 2 unspecified atom stereocenters. The number of rotatable bonds is 9. The maximum absolute atomic E-state index is 13.0. The maximum atomic E-state index is 13.0. The standard InChI is InChI=1S/C33H35N5O5/c1-43-22-30(39)37-19-3-6-28(37)31(40)35-26-14-10-23(11-15-26)8-9-24-12-16-27(17-13-24)36-32(41)29-7-4-20-38(29)33(42)25-5-2-18-34-21-25/h2,5,8-18,21,28-29H,3-4,6-7,19-20,22H2,1H3,(H,35,40)(H,36,41)/b9-8+. The van der Waals surface area contributed by atoms with Crippen LogP contribution in [0, 0.1) is 0 Å². The Morgan fingerprint density at radius 2 is 1.35 bits per heavy atom. The molecule has 3 heterocycles. The fourth-order valence-corrected chi connectivity index (χ4v) is 5.48. The third-order valence-corrected chi connectivity index (χ3v) is 7.69. The minimum Gasteiger partial charge on any atom is -0.375 e. The van der Waals surface area contributed by atoms with Crippen molar-refractivity contribution in [2.45, 2.75) is 37.8 Å². The minimum absolute atomic E-state index is 0.0308. The molecule has 2 N–H and O–H groups in total. The van der Waals surface area contributed by atoms with Crippen molar-refractivity contribution < 1.29 is 23.9 Å². The van der Waals surface area contributed by atoms with E-state index in [-0.39, 0.29) is 30.2 Å². The number of aromatic nitrogens is 1. The van der Waals surface area contributed by atoms with Crippen LogP contribution in [-0.4, -0.2) is 77.3 Å². The van der Waals surface area contributed by atoms with Crippen LogP contribution in [0.3, 0.4) is 0 Å². The number of pyridine rings is 1. The lowest BCUT2D eigenvalue weighted by Crippen LogP contribution is -2.44. The van der Waals surface area contributed by atoms with Gasteiger partial charge in [0, 0.05) is 44.0 Å². The SMILES string of the molecule is COCC(=O)N1CCCC1C(=O)Nc1ccc(/C=C/c2ccc(NC(=O)C3CCCN3C(=O)c3cccnc3)cc2)cc1. The highest BCUT2D eigenvalue weighted by Gasteiger charge is 2.35. The second-order valence-electron chi connectivity index (χ2n) is 10.6. The van der Waals surface area contributed by atoms with Crippen molar-refractivity contribution in [1.82, 2.24) is 14.8 Å². The summed E-state index contributed by atoms with van der Waals surface area (Å²) in [6.45, 7) is 1.07. The molecule has 2 atom stereocenters. The van der Waals surface area contributed by atoms with Gasteiger partial charge in [0.2, 0.25) is 17.7 Å². The maximum Gasteiger partial charge on any atom is 0.256 e. The summed E-state index contributed by atoms with van der Waals surface area (Å²) in [6.07, 6.45) is 9.87. The predicted octanol–water partition coefficient (Wildman–Crippen LogP) is 4.07. The molecule has 0 saturated carbocycles. The van der Waals surface area contributed by atoms with Crippen LogP contribution in [0.15, 0.2) is 73.1 Å². The Morgan fingerprint density at radius 1 is 0.814 bits per heavy atom. The second kappa shape index (κ2) is 13.9. The summed E-state index contributed by atoms with van der Waals surface area (Å²) in [5, 5.41) is 5.86. The monoisotopic (exact) mass is 581 g/mol. The lowest BCUT2D eigenvalue weighted by Gasteiger charge is -2.24. The number of likely N-dealkylation sites (tertiary alicyclic amines) is 2. The van der Waals surface area contributed by atoms with Crippen molar-refractivity contribution in [1.29, 1.82) is 0 Å². The largest absolute Gasteiger partial charge is 0.375 e. The number of ether oxygens (including phenoxy) is 1. The number of amides is 4. The molecule has 0 aliphatic carbocycles. The molecule has 222 valence electrons. The third kappa shape index (κ3) is 7.34. The first-order valence-corrected chi connectivity index (χ1v) is 14.4. The van der Waals surface area contributed by atoms with E-state index in [1.807, 2.05) is 60.7 Å². The summed E-state index contributed by atoms with van der Waals surface area (Å²) in [5.41, 5.74) is 3.70. The van der Waals surface area contributed by atoms with Crippen LogP contribution in [0.1, 0.15) is 47.2 Å². The van der Waals surface area contributed by atoms with Gasteiger partial charge in [-0.3, -0.25) is 24.2 Å². The quantitative estimate of drug-likeness (QED) is 0.368. The van der Waals surface area contributed by atoms with Crippen LogP contribution < -0.4 is 10.6 Å². The van der Waals surface area contributed by atoms with Crippen molar-refractivity contribution >= 4 is 47.2 Å². The molecule has 1 aromatic heterocycles. The van der Waals surface area contributed by atoms with Crippen LogP contribution in [0.4, 0.5) is 11.4 Å². The number of nitrogens with zero attached hydrogens (tertiary/aromatic N) is 3. The molecule has 0 spiro atoms. The topological polar surface area (TPSA) is 121 Å². The molecule has 5 rings (SSSR count). The van der Waals surface area contributed by atoms with E-state index in [2.05, 4.69) is 15.6 Å². The summed E-state index contributed by atoms with van der Waals surface area (Å²) in [6, 6.07) is 17.4. The van der Waals surface area contributed by atoms with Gasteiger partial charge in [0.1, 0.15) is 18.7 Å². The lowest BCUT2D eigenvalue weighted by atomic mass is 10.1. The first-order chi connectivity index (χ1) is 20.9. The normalized spacial score (nSPS) is 18.2. The molecule has 43 heavy (non-hydrogen) atoms. The molecule has 2 aliphatic rings. The van der Waals surface area contributed by atoms with Gasteiger partial charge >= 0.3 is 0 Å². The Kier molecular flexibility index (Phi) is 9.58. The molecule has 3 aromatic rings. The smallest absolute Gasteiger partial charge is 0.256 e. The summed E-state index contributed by atoms with van der Waals surface area (Å²) in [4.78, 5) is 58.1. The van der Waals surface area contributed by atoms with Gasteiger partial charge in [0.15, 0.2) is 0 Å². The van der Waals surface area contributed by atoms with E-state index in [1.165, 1.54) is 13.3 Å². The van der Waals surface area contributed by atoms with Crippen LogP contribution in [0.2, 0.25) is 0 Å². The minimum atomic E-state index is -0.518. The number of hydrogen-bond acceptors (Lipinski definition) is 6. The summed E-state index contributed by atoms with van der Waals surface area (Å²) in [5.74, 6) is -0.757. The third-order valence-electron chi connectivity index (χ3n) is 7.69. The van der Waals surface area contributed by atoms with Crippen molar-refractivity contribution in [3.8, 4) is 0 Å². The highest BCUT2D eigenvalue weighted by Crippen LogP contribution is 2.23. The molecule has 10 nitrogen and oxygen atoms in total. The second-order valence-corrected chi connectivity index (χ2v) is 10.6. The molecule has 2 fully saturated rings. The summed E-state index contributed by atoms with van der Waals surface area (Å²) in [7, 11) is 1.47. The Balaban J connectivity index is 1.13. The fourth-order valence-electron chi connectivity index (χ4n) is 5.48. The van der Waals surface area contributed by atoms with Crippen LogP contribution in [0.5, 0.6) is 0 Å². The number of carbonyl (C=O) groups is 4. The van der Waals surface area contributed by atoms with Gasteiger partial charge in [-0.15, -0.1) is 0 Å². The van der Waals surface area contributed by atoms with E-state index in [0.29, 0.717) is 42.9 Å². The van der Waals surface area contributed by atoms with Crippen molar-refractivity contribution in [2.75, 3.05) is 37.4 Å². The Hall–Kier alpha value is -4.83. The van der Waals surface area contributed by atoms with Gasteiger partial charge in [-0.2, -0.15) is 0 Å². The zero-order chi connectivity index (χ0) is 30.2. The van der Waals surface area contributed by atoms with Crippen LogP contribution in [0.25, 0.3) is 12.2 Å². The zero-order valence-electron chi connectivity index (χ0n) is 24.1. The highest BCUT2D eigenvalue weighted by molar-refractivity contribution is 6.01. The molecular formula is C33H35N5O5. The molecular weight excluding hydrogens is 546 g/mol. The molecule has 0 bridgehead atoms. The van der Waals surface area contributed by atoms with Crippen molar-refractivity contribution in [3.05, 3.63) is 89.7 Å². The number of benzene rings is 2. The van der Waals surface area contributed by atoms with Crippen molar-refractivity contribution in [2.24, 2.45) is 0 Å². The van der Waals surface area contributed by atoms with Gasteiger partial charge in [-0.05, 0) is 73.2 Å². The molecule has 4 amide bonds. The number of methoxy groups -OCH3 is 1. The average molecular weight is 582 g/mol. The highest BCUT2D eigenvalue weighted by atomic mass is 16.5. The first kappa shape index (κ1) is 29.7. The molecule has 0 radical (unpaired) electrons. The molecule has 2 aromatic carbocycles. The molecule has 2 saturated heterocycles. The summed E-state index contributed by atoms with van der Waals surface area (Å²) < 4.78 is 4.93. The van der Waals surface area contributed by atoms with Gasteiger partial charge in [0.25, 0.3) is 5.91 Å². The van der Waals surface area contributed by atoms with E-state index >= 15 is 0 Å². The molecule has 2 aliphatic heterocycles. The Morgan fingerprint density at radius 3 is 1.86 bits per heavy atom. The molecule has 10 heteroatoms. The first-order valence-electron chi connectivity index (χ1n) is 14.4. The van der Waals surface area contributed by atoms with E-state index in [0.717, 1.165) is 24.0 Å². The van der Waals surface area contributed by atoms with E-state index < -0.39 is 12.1 Å². The number of nitrogens with one attached hydrogen (secondary N) is 2. The average Bonchev–Trinajstić information content (AvgIpc) is 3.73. The number of carbonyl (C=O) groups excluding carboxylic acids is 4. The Bertz CT molecular complexity index is 1470. The fraction of sp³-hybridized carbons (Fsp3) is 0.303. The number of anilines is 2. The van der Waals surface area contributed by atoms with Crippen LogP contribution >= 0.6 is 0 Å². The lowest BCUT2D eigenvalue weighted by molar-refractivity contribution is -0.139. The van der Waals surface area contributed by atoms with Crippen LogP contribution in [-0.2, 0) is 19.1 Å². The van der Waals surface area contributed by atoms with Gasteiger partial charge in [0.05, 0.1) is 5.56 Å². The number of hydrogen-bond donors (Lipinski definition) is 2. The summed E-state index contributed by atoms with van der Waals surface area (Å²) >= 11 is 0. The van der Waals surface area contributed by atoms with E-state index in [1.54, 1.807) is 28.1 Å². The Labute approximate surface area is 250 Å². The van der Waals surface area contributed by atoms with Gasteiger partial charge in [-0.1, -0.05) is 36.4 Å². The predicted molar refractivity (Wildman–Crippen MR) is 164 cm³/mol. The van der Waals surface area contributed by atoms with Gasteiger partial charge in [-0.25, -0.2) is 0 Å². The van der Waals surface area contributed by atoms with E-state index in [4.69, 9.17) is 4.74 Å². The zero-order valence-corrected chi connectivity index (χ0v) is 24.1. The van der Waals surface area contributed by atoms with Gasteiger partial charge < -0.3 is 25.2 Å². The van der Waals surface area contributed by atoms with E-state index in [9.17, 15) is 19.2 Å².